The number of rotatable bonds is 6. The third-order valence-corrected chi connectivity index (χ3v) is 7.24. The van der Waals surface area contributed by atoms with E-state index in [9.17, 15) is 18.0 Å². The molecule has 2 amide bonds. The molecule has 0 radical (unpaired) electrons. The lowest BCUT2D eigenvalue weighted by molar-refractivity contribution is -0.122. The third kappa shape index (κ3) is 7.17. The first-order chi connectivity index (χ1) is 17.0. The molecule has 0 bridgehead atoms. The highest BCUT2D eigenvalue weighted by Gasteiger charge is 2.42. The van der Waals surface area contributed by atoms with Gasteiger partial charge in [0.25, 0.3) is 5.91 Å². The van der Waals surface area contributed by atoms with Gasteiger partial charge >= 0.3 is 6.09 Å². The van der Waals surface area contributed by atoms with Crippen molar-refractivity contribution in [1.82, 2.24) is 10.0 Å². The highest BCUT2D eigenvalue weighted by atomic mass is 32.2. The number of carbonyl (C=O) groups is 2. The van der Waals surface area contributed by atoms with Crippen molar-refractivity contribution in [3.05, 3.63) is 60.4 Å². The second-order valence-electron chi connectivity index (χ2n) is 11.1. The van der Waals surface area contributed by atoms with Crippen LogP contribution in [-0.2, 0) is 19.6 Å². The minimum Gasteiger partial charge on any atom is -0.444 e. The molecule has 0 atom stereocenters. The monoisotopic (exact) mass is 531 g/mol. The fourth-order valence-corrected chi connectivity index (χ4v) is 5.57. The van der Waals surface area contributed by atoms with E-state index in [0.717, 1.165) is 0 Å². The first-order valence-electron chi connectivity index (χ1n) is 11.9. The summed E-state index contributed by atoms with van der Waals surface area (Å²) >= 11 is 0. The van der Waals surface area contributed by atoms with Gasteiger partial charge in [-0.2, -0.15) is 0 Å². The lowest BCUT2D eigenvalue weighted by Gasteiger charge is -2.30. The SMILES string of the molecule is CC(C)(C)NS(=O)(=O)c1ccccc1-c1ccc(NC(=O)C2(NC(=O)OC(C)(C)C)CC=CC2)c(F)c1. The quantitative estimate of drug-likeness (QED) is 0.448. The number of nitrogens with one attached hydrogen (secondary N) is 3. The van der Waals surface area contributed by atoms with Crippen LogP contribution in [0.15, 0.2) is 59.5 Å². The highest BCUT2D eigenvalue weighted by Crippen LogP contribution is 2.32. The molecule has 10 heteroatoms. The van der Waals surface area contributed by atoms with Gasteiger partial charge < -0.3 is 15.4 Å². The van der Waals surface area contributed by atoms with Gasteiger partial charge in [0.05, 0.1) is 10.6 Å². The molecule has 8 nitrogen and oxygen atoms in total. The van der Waals surface area contributed by atoms with E-state index in [1.165, 1.54) is 24.3 Å². The summed E-state index contributed by atoms with van der Waals surface area (Å²) in [6.45, 7) is 10.3. The van der Waals surface area contributed by atoms with Crippen molar-refractivity contribution < 1.29 is 27.1 Å². The Hall–Kier alpha value is -3.24. The second kappa shape index (κ2) is 10.3. The molecular weight excluding hydrogens is 497 g/mol. The molecule has 0 saturated heterocycles. The summed E-state index contributed by atoms with van der Waals surface area (Å²) in [5.41, 5.74) is -2.22. The number of sulfonamides is 1. The van der Waals surface area contributed by atoms with Gasteiger partial charge in [-0.3, -0.25) is 4.79 Å². The van der Waals surface area contributed by atoms with Gasteiger partial charge in [-0.05, 0) is 78.1 Å². The van der Waals surface area contributed by atoms with Crippen LogP contribution in [0.1, 0.15) is 54.4 Å². The molecule has 1 aliphatic rings. The predicted octanol–water partition coefficient (Wildman–Crippen LogP) is 5.12. The van der Waals surface area contributed by atoms with Crippen molar-refractivity contribution in [3.63, 3.8) is 0 Å². The van der Waals surface area contributed by atoms with E-state index in [4.69, 9.17) is 4.74 Å². The largest absolute Gasteiger partial charge is 0.444 e. The number of hydrogen-bond acceptors (Lipinski definition) is 5. The van der Waals surface area contributed by atoms with Crippen LogP contribution in [0.3, 0.4) is 0 Å². The maximum atomic E-state index is 15.2. The van der Waals surface area contributed by atoms with E-state index in [-0.39, 0.29) is 23.4 Å². The van der Waals surface area contributed by atoms with Crippen molar-refractivity contribution >= 4 is 27.7 Å². The standard InChI is InChI=1S/C27H34FN3O5S/c1-25(2,3)31-37(34,35)22-12-8-7-11-19(22)18-13-14-21(20(28)17-18)29-23(32)27(15-9-10-16-27)30-24(33)36-26(4,5)6/h7-14,17,31H,15-16H2,1-6H3,(H,29,32)(H,30,33). The van der Waals surface area contributed by atoms with Crippen molar-refractivity contribution in [2.75, 3.05) is 5.32 Å². The van der Waals surface area contributed by atoms with Gasteiger partial charge in [0, 0.05) is 11.1 Å². The van der Waals surface area contributed by atoms with E-state index in [0.29, 0.717) is 11.1 Å². The molecule has 1 aliphatic carbocycles. The number of halogens is 1. The van der Waals surface area contributed by atoms with E-state index < -0.39 is 44.5 Å². The fourth-order valence-electron chi connectivity index (χ4n) is 3.92. The number of ether oxygens (including phenoxy) is 1. The summed E-state index contributed by atoms with van der Waals surface area (Å²) in [5, 5.41) is 5.20. The number of alkyl carbamates (subject to hydrolysis) is 1. The molecule has 0 spiro atoms. The Labute approximate surface area is 217 Å². The summed E-state index contributed by atoms with van der Waals surface area (Å²) in [5.74, 6) is -1.34. The molecule has 0 unspecified atom stereocenters. The second-order valence-corrected chi connectivity index (χ2v) is 12.7. The van der Waals surface area contributed by atoms with Crippen LogP contribution in [0.2, 0.25) is 0 Å². The molecule has 2 aromatic rings. The molecule has 0 fully saturated rings. The fraction of sp³-hybridized carbons (Fsp3) is 0.407. The molecule has 0 aromatic heterocycles. The number of benzene rings is 2. The molecule has 0 heterocycles. The van der Waals surface area contributed by atoms with E-state index in [2.05, 4.69) is 15.4 Å². The maximum Gasteiger partial charge on any atom is 0.408 e. The lowest BCUT2D eigenvalue weighted by Crippen LogP contribution is -2.56. The molecular formula is C27H34FN3O5S. The minimum absolute atomic E-state index is 0.0126. The Bertz CT molecular complexity index is 1320. The topological polar surface area (TPSA) is 114 Å². The van der Waals surface area contributed by atoms with Crippen LogP contribution in [0.4, 0.5) is 14.9 Å². The lowest BCUT2D eigenvalue weighted by atomic mass is 9.95. The van der Waals surface area contributed by atoms with Gasteiger partial charge in [0.1, 0.15) is 17.0 Å². The van der Waals surface area contributed by atoms with Crippen molar-refractivity contribution in [2.45, 2.75) is 76.0 Å². The summed E-state index contributed by atoms with van der Waals surface area (Å²) in [7, 11) is -3.88. The highest BCUT2D eigenvalue weighted by molar-refractivity contribution is 7.89. The summed E-state index contributed by atoms with van der Waals surface area (Å²) < 4.78 is 49.1. The van der Waals surface area contributed by atoms with Gasteiger partial charge in [0.2, 0.25) is 10.0 Å². The minimum atomic E-state index is -3.88. The normalized spacial score (nSPS) is 15.3. The van der Waals surface area contributed by atoms with Crippen LogP contribution in [0, 0.1) is 5.82 Å². The molecule has 0 saturated carbocycles. The Morgan fingerprint density at radius 3 is 2.16 bits per heavy atom. The summed E-state index contributed by atoms with van der Waals surface area (Å²) in [6.07, 6.45) is 3.23. The first-order valence-corrected chi connectivity index (χ1v) is 13.4. The molecule has 0 aliphatic heterocycles. The van der Waals surface area contributed by atoms with Crippen LogP contribution in [0.25, 0.3) is 11.1 Å². The Balaban J connectivity index is 1.86. The average Bonchev–Trinajstić information content (AvgIpc) is 3.21. The zero-order valence-electron chi connectivity index (χ0n) is 21.9. The molecule has 3 rings (SSSR count). The first kappa shape index (κ1) is 28.3. The van der Waals surface area contributed by atoms with Gasteiger partial charge in [-0.25, -0.2) is 22.3 Å². The maximum absolute atomic E-state index is 15.2. The molecule has 3 N–H and O–H groups in total. The van der Waals surface area contributed by atoms with E-state index in [1.807, 2.05) is 0 Å². The zero-order chi connectivity index (χ0) is 27.6. The van der Waals surface area contributed by atoms with Gasteiger partial charge in [-0.15, -0.1) is 0 Å². The molecule has 2 aromatic carbocycles. The molecule has 200 valence electrons. The Morgan fingerprint density at radius 2 is 1.59 bits per heavy atom. The zero-order valence-corrected chi connectivity index (χ0v) is 22.8. The number of amides is 2. The third-order valence-electron chi connectivity index (χ3n) is 5.42. The van der Waals surface area contributed by atoms with Crippen molar-refractivity contribution in [3.8, 4) is 11.1 Å². The van der Waals surface area contributed by atoms with Crippen LogP contribution >= 0.6 is 0 Å². The van der Waals surface area contributed by atoms with Crippen LogP contribution < -0.4 is 15.4 Å². The summed E-state index contributed by atoms with van der Waals surface area (Å²) in [6, 6.07) is 10.4. The number of carbonyl (C=O) groups excluding carboxylic acids is 2. The smallest absolute Gasteiger partial charge is 0.408 e. The molecule has 37 heavy (non-hydrogen) atoms. The van der Waals surface area contributed by atoms with E-state index in [1.54, 1.807) is 71.9 Å². The Morgan fingerprint density at radius 1 is 0.973 bits per heavy atom. The van der Waals surface area contributed by atoms with Crippen molar-refractivity contribution in [2.24, 2.45) is 0 Å². The van der Waals surface area contributed by atoms with E-state index >= 15 is 4.39 Å². The van der Waals surface area contributed by atoms with Gasteiger partial charge in [-0.1, -0.05) is 36.4 Å². The van der Waals surface area contributed by atoms with Crippen molar-refractivity contribution in [1.29, 1.82) is 0 Å². The Kier molecular flexibility index (Phi) is 7.85. The van der Waals surface area contributed by atoms with Crippen LogP contribution in [0.5, 0.6) is 0 Å². The van der Waals surface area contributed by atoms with Gasteiger partial charge in [0.15, 0.2) is 0 Å². The predicted molar refractivity (Wildman–Crippen MR) is 141 cm³/mol. The average molecular weight is 532 g/mol. The van der Waals surface area contributed by atoms with Crippen LogP contribution in [-0.4, -0.2) is 37.1 Å². The number of hydrogen-bond donors (Lipinski definition) is 3. The number of anilines is 1. The summed E-state index contributed by atoms with van der Waals surface area (Å²) in [4.78, 5) is 25.6.